The van der Waals surface area contributed by atoms with Gasteiger partial charge in [0.2, 0.25) is 5.82 Å². The minimum atomic E-state index is -0.821. The van der Waals surface area contributed by atoms with Gasteiger partial charge in [0.15, 0.2) is 0 Å². The standard InChI is InChI=1S/C12H15BrN2O3.C6H3BrFNO2/c13-8-1-6-11(12(7-8)15(17)18)14-9-2-4-10(16)5-3-9;7-4-1-2-5(8)6(3-4)9(10)11/h1,6-7,9-10,14,16H,2-5H2;1-3H. The Morgan fingerprint density at radius 3 is 1.97 bits per heavy atom. The lowest BCUT2D eigenvalue weighted by atomic mass is 9.93. The third-order valence-electron chi connectivity index (χ3n) is 4.32. The first-order valence-electron chi connectivity index (χ1n) is 8.65. The molecule has 2 N–H and O–H groups in total. The van der Waals surface area contributed by atoms with E-state index in [0.29, 0.717) is 14.6 Å². The van der Waals surface area contributed by atoms with E-state index < -0.39 is 16.4 Å². The molecule has 2 aromatic carbocycles. The Morgan fingerprint density at radius 1 is 0.931 bits per heavy atom. The van der Waals surface area contributed by atoms with Crippen molar-refractivity contribution >= 4 is 48.9 Å². The number of nitro groups is 2. The number of rotatable bonds is 4. The zero-order chi connectivity index (χ0) is 21.6. The van der Waals surface area contributed by atoms with Crippen molar-refractivity contribution in [2.45, 2.75) is 37.8 Å². The zero-order valence-electron chi connectivity index (χ0n) is 15.1. The second-order valence-electron chi connectivity index (χ2n) is 6.42. The van der Waals surface area contributed by atoms with Crippen molar-refractivity contribution in [1.82, 2.24) is 0 Å². The van der Waals surface area contributed by atoms with Gasteiger partial charge in [-0.1, -0.05) is 31.9 Å². The van der Waals surface area contributed by atoms with Crippen LogP contribution in [0.4, 0.5) is 21.5 Å². The van der Waals surface area contributed by atoms with Gasteiger partial charge < -0.3 is 10.4 Å². The molecule has 0 spiro atoms. The Kier molecular flexibility index (Phi) is 8.47. The number of hydrogen-bond acceptors (Lipinski definition) is 6. The summed E-state index contributed by atoms with van der Waals surface area (Å²) in [6.07, 6.45) is 2.97. The van der Waals surface area contributed by atoms with E-state index in [2.05, 4.69) is 37.2 Å². The number of nitrogens with zero attached hydrogens (tertiary/aromatic N) is 2. The lowest BCUT2D eigenvalue weighted by molar-refractivity contribution is -0.387. The highest BCUT2D eigenvalue weighted by Gasteiger charge is 2.22. The molecule has 0 atom stereocenters. The van der Waals surface area contributed by atoms with E-state index in [0.717, 1.165) is 37.8 Å². The van der Waals surface area contributed by atoms with Crippen LogP contribution in [0.1, 0.15) is 25.7 Å². The molecule has 0 aromatic heterocycles. The maximum atomic E-state index is 12.6. The van der Waals surface area contributed by atoms with Crippen LogP contribution < -0.4 is 5.32 Å². The highest BCUT2D eigenvalue weighted by atomic mass is 79.9. The van der Waals surface area contributed by atoms with Gasteiger partial charge in [-0.3, -0.25) is 20.2 Å². The molecule has 1 aliphatic carbocycles. The molecule has 8 nitrogen and oxygen atoms in total. The van der Waals surface area contributed by atoms with Gasteiger partial charge in [-0.2, -0.15) is 4.39 Å². The number of benzene rings is 2. The molecule has 1 fully saturated rings. The molecule has 3 rings (SSSR count). The highest BCUT2D eigenvalue weighted by Crippen LogP contribution is 2.31. The summed E-state index contributed by atoms with van der Waals surface area (Å²) in [5.74, 6) is -0.821. The van der Waals surface area contributed by atoms with Crippen LogP contribution in [0, 0.1) is 26.0 Å². The Labute approximate surface area is 182 Å². The largest absolute Gasteiger partial charge is 0.393 e. The molecular weight excluding hydrogens is 517 g/mol. The average molecular weight is 535 g/mol. The van der Waals surface area contributed by atoms with Crippen molar-refractivity contribution in [3.8, 4) is 0 Å². The van der Waals surface area contributed by atoms with Gasteiger partial charge >= 0.3 is 5.69 Å². The summed E-state index contributed by atoms with van der Waals surface area (Å²) in [5, 5.41) is 33.7. The summed E-state index contributed by atoms with van der Waals surface area (Å²) in [7, 11) is 0. The number of nitro benzene ring substituents is 2. The quantitative estimate of drug-likeness (QED) is 0.391. The summed E-state index contributed by atoms with van der Waals surface area (Å²) in [4.78, 5) is 19.9. The molecule has 1 aliphatic rings. The smallest absolute Gasteiger partial charge is 0.305 e. The fourth-order valence-corrected chi connectivity index (χ4v) is 3.54. The van der Waals surface area contributed by atoms with E-state index in [-0.39, 0.29) is 22.8 Å². The number of aliphatic hydroxyl groups is 1. The third kappa shape index (κ3) is 7.02. The number of halogens is 3. The van der Waals surface area contributed by atoms with E-state index in [1.807, 2.05) is 0 Å². The molecule has 29 heavy (non-hydrogen) atoms. The molecule has 0 aliphatic heterocycles. The summed E-state index contributed by atoms with van der Waals surface area (Å²) in [6.45, 7) is 0. The van der Waals surface area contributed by atoms with E-state index in [4.69, 9.17) is 0 Å². The molecule has 0 bridgehead atoms. The minimum Gasteiger partial charge on any atom is -0.393 e. The van der Waals surface area contributed by atoms with Gasteiger partial charge in [0.05, 0.1) is 16.0 Å². The zero-order valence-corrected chi connectivity index (χ0v) is 18.2. The molecule has 2 aromatic rings. The summed E-state index contributed by atoms with van der Waals surface area (Å²) in [5.41, 5.74) is 0.111. The first-order valence-corrected chi connectivity index (χ1v) is 10.2. The predicted octanol–water partition coefficient (Wildman–Crippen LogP) is 5.57. The van der Waals surface area contributed by atoms with Crippen molar-refractivity contribution in [3.63, 3.8) is 0 Å². The number of hydrogen-bond donors (Lipinski definition) is 2. The van der Waals surface area contributed by atoms with Gasteiger partial charge in [0.25, 0.3) is 5.69 Å². The Hall–Kier alpha value is -2.11. The Balaban J connectivity index is 0.000000234. The van der Waals surface area contributed by atoms with Crippen LogP contribution in [-0.4, -0.2) is 27.1 Å². The minimum absolute atomic E-state index is 0.0792. The normalized spacial score (nSPS) is 18.3. The summed E-state index contributed by atoms with van der Waals surface area (Å²) in [6, 6.07) is 8.77. The van der Waals surface area contributed by atoms with Gasteiger partial charge in [-0.25, -0.2) is 0 Å². The number of aliphatic hydroxyl groups excluding tert-OH is 1. The van der Waals surface area contributed by atoms with Gasteiger partial charge in [0.1, 0.15) is 5.69 Å². The van der Waals surface area contributed by atoms with Crippen LogP contribution in [0.2, 0.25) is 0 Å². The van der Waals surface area contributed by atoms with Crippen molar-refractivity contribution in [1.29, 1.82) is 0 Å². The Bertz CT molecular complexity index is 892. The van der Waals surface area contributed by atoms with Crippen molar-refractivity contribution in [2.24, 2.45) is 0 Å². The van der Waals surface area contributed by atoms with Gasteiger partial charge in [-0.15, -0.1) is 0 Å². The molecule has 0 amide bonds. The average Bonchev–Trinajstić information content (AvgIpc) is 2.67. The molecule has 0 radical (unpaired) electrons. The lowest BCUT2D eigenvalue weighted by Gasteiger charge is -2.26. The first-order chi connectivity index (χ1) is 13.7. The monoisotopic (exact) mass is 533 g/mol. The molecule has 0 saturated heterocycles. The topological polar surface area (TPSA) is 119 Å². The molecule has 0 unspecified atom stereocenters. The van der Waals surface area contributed by atoms with Crippen LogP contribution >= 0.6 is 31.9 Å². The Morgan fingerprint density at radius 2 is 1.45 bits per heavy atom. The predicted molar refractivity (Wildman–Crippen MR) is 113 cm³/mol. The second kappa shape index (κ2) is 10.6. The second-order valence-corrected chi connectivity index (χ2v) is 8.25. The third-order valence-corrected chi connectivity index (χ3v) is 5.30. The summed E-state index contributed by atoms with van der Waals surface area (Å²) >= 11 is 6.23. The van der Waals surface area contributed by atoms with Crippen LogP contribution in [0.3, 0.4) is 0 Å². The fraction of sp³-hybridized carbons (Fsp3) is 0.333. The summed E-state index contributed by atoms with van der Waals surface area (Å²) < 4.78 is 13.7. The van der Waals surface area contributed by atoms with Crippen LogP contribution in [0.15, 0.2) is 45.3 Å². The highest BCUT2D eigenvalue weighted by molar-refractivity contribution is 9.10. The molecule has 1 saturated carbocycles. The maximum absolute atomic E-state index is 12.6. The van der Waals surface area contributed by atoms with Gasteiger partial charge in [-0.05, 0) is 49.9 Å². The molecule has 11 heteroatoms. The van der Waals surface area contributed by atoms with Crippen molar-refractivity contribution < 1.29 is 19.3 Å². The van der Waals surface area contributed by atoms with Crippen LogP contribution in [-0.2, 0) is 0 Å². The molecule has 0 heterocycles. The first kappa shape index (κ1) is 23.2. The van der Waals surface area contributed by atoms with E-state index in [9.17, 15) is 29.7 Å². The lowest BCUT2D eigenvalue weighted by Crippen LogP contribution is -2.28. The van der Waals surface area contributed by atoms with Crippen molar-refractivity contribution in [3.05, 3.63) is 71.4 Å². The number of nitrogens with one attached hydrogen (secondary N) is 1. The fourth-order valence-electron chi connectivity index (χ4n) is 2.84. The van der Waals surface area contributed by atoms with E-state index >= 15 is 0 Å². The van der Waals surface area contributed by atoms with E-state index in [1.54, 1.807) is 12.1 Å². The molecule has 156 valence electrons. The van der Waals surface area contributed by atoms with E-state index in [1.165, 1.54) is 12.1 Å². The van der Waals surface area contributed by atoms with Crippen LogP contribution in [0.25, 0.3) is 0 Å². The molecular formula is C18H18Br2FN3O5. The number of anilines is 1. The van der Waals surface area contributed by atoms with Crippen molar-refractivity contribution in [2.75, 3.05) is 5.32 Å². The van der Waals surface area contributed by atoms with Gasteiger partial charge in [0, 0.05) is 27.1 Å². The van der Waals surface area contributed by atoms with Crippen LogP contribution in [0.5, 0.6) is 0 Å². The SMILES string of the molecule is O=[N+]([O-])c1cc(Br)ccc1F.O=[N+]([O-])c1cc(Br)ccc1NC1CCC(O)CC1. The maximum Gasteiger partial charge on any atom is 0.305 e.